The number of nitrogens with one attached hydrogen (secondary N) is 1. The quantitative estimate of drug-likeness (QED) is 0.634. The van der Waals surface area contributed by atoms with Crippen LogP contribution < -0.4 is 10.4 Å². The van der Waals surface area contributed by atoms with Crippen molar-refractivity contribution in [2.45, 2.75) is 19.3 Å². The van der Waals surface area contributed by atoms with Gasteiger partial charge in [0.2, 0.25) is 0 Å². The summed E-state index contributed by atoms with van der Waals surface area (Å²) in [7, 11) is 1.59. The first kappa shape index (κ1) is 19.3. The number of benzene rings is 2. The first-order chi connectivity index (χ1) is 12.9. The van der Waals surface area contributed by atoms with E-state index in [1.807, 2.05) is 19.1 Å². The van der Waals surface area contributed by atoms with Crippen LogP contribution in [0.5, 0.6) is 5.75 Å². The number of halogens is 1. The van der Waals surface area contributed by atoms with E-state index in [4.69, 9.17) is 16.3 Å². The SMILES string of the molecule is Cc1cc(OCc2n[nH]c(=O)n2C)c(-c2ccccc2CS(=O)[O-])cc1Cl. The van der Waals surface area contributed by atoms with Crippen LogP contribution in [-0.2, 0) is 30.5 Å². The molecule has 0 aliphatic rings. The molecule has 3 aromatic rings. The van der Waals surface area contributed by atoms with E-state index in [2.05, 4.69) is 10.2 Å². The molecular formula is C18H17ClN3O4S-. The number of H-pyrrole nitrogens is 1. The van der Waals surface area contributed by atoms with Crippen LogP contribution in [0.25, 0.3) is 11.1 Å². The Bertz CT molecular complexity index is 1060. The third-order valence-corrected chi connectivity index (χ3v) is 5.12. The monoisotopic (exact) mass is 406 g/mol. The highest BCUT2D eigenvalue weighted by Crippen LogP contribution is 2.37. The molecule has 0 spiro atoms. The zero-order valence-electron chi connectivity index (χ0n) is 14.7. The number of aromatic nitrogens is 3. The predicted octanol–water partition coefficient (Wildman–Crippen LogP) is 2.70. The van der Waals surface area contributed by atoms with Gasteiger partial charge in [-0.3, -0.25) is 8.78 Å². The molecule has 0 bridgehead atoms. The second-order valence-corrected chi connectivity index (χ2v) is 7.30. The third-order valence-electron chi connectivity index (χ3n) is 4.17. The lowest BCUT2D eigenvalue weighted by Gasteiger charge is -2.17. The highest BCUT2D eigenvalue weighted by molar-refractivity contribution is 7.78. The molecule has 1 heterocycles. The first-order valence-corrected chi connectivity index (χ1v) is 9.66. The average Bonchev–Trinajstić information content (AvgIpc) is 2.94. The fourth-order valence-electron chi connectivity index (χ4n) is 2.67. The minimum absolute atomic E-state index is 0.0684. The maximum atomic E-state index is 11.5. The molecule has 0 radical (unpaired) electrons. The molecule has 0 saturated heterocycles. The second kappa shape index (κ2) is 8.08. The molecule has 0 amide bonds. The fourth-order valence-corrected chi connectivity index (χ4v) is 3.34. The van der Waals surface area contributed by atoms with Crippen molar-refractivity contribution in [1.29, 1.82) is 0 Å². The van der Waals surface area contributed by atoms with Crippen molar-refractivity contribution in [2.24, 2.45) is 7.05 Å². The van der Waals surface area contributed by atoms with E-state index in [1.54, 1.807) is 31.3 Å². The smallest absolute Gasteiger partial charge is 0.343 e. The lowest BCUT2D eigenvalue weighted by molar-refractivity contribution is 0.292. The van der Waals surface area contributed by atoms with Gasteiger partial charge in [-0.2, -0.15) is 5.10 Å². The maximum absolute atomic E-state index is 11.5. The van der Waals surface area contributed by atoms with Gasteiger partial charge in [0, 0.05) is 23.4 Å². The van der Waals surface area contributed by atoms with E-state index < -0.39 is 11.1 Å². The lowest BCUT2D eigenvalue weighted by Crippen LogP contribution is -2.15. The first-order valence-electron chi connectivity index (χ1n) is 8.04. The molecule has 7 nitrogen and oxygen atoms in total. The second-order valence-electron chi connectivity index (χ2n) is 6.00. The van der Waals surface area contributed by atoms with Gasteiger partial charge >= 0.3 is 5.69 Å². The average molecular weight is 407 g/mol. The van der Waals surface area contributed by atoms with Crippen molar-refractivity contribution in [3.8, 4) is 16.9 Å². The Labute approximate surface area is 163 Å². The van der Waals surface area contributed by atoms with E-state index in [0.29, 0.717) is 27.7 Å². The Kier molecular flexibility index (Phi) is 5.79. The molecule has 1 N–H and O–H groups in total. The van der Waals surface area contributed by atoms with Crippen LogP contribution in [-0.4, -0.2) is 23.5 Å². The molecule has 1 aromatic heterocycles. The van der Waals surface area contributed by atoms with Crippen molar-refractivity contribution in [2.75, 3.05) is 0 Å². The number of aromatic amines is 1. The topological polar surface area (TPSA) is 100 Å². The lowest BCUT2D eigenvalue weighted by atomic mass is 9.98. The van der Waals surface area contributed by atoms with Crippen LogP contribution in [0.3, 0.4) is 0 Å². The Morgan fingerprint density at radius 2 is 2.04 bits per heavy atom. The van der Waals surface area contributed by atoms with E-state index in [-0.39, 0.29) is 18.0 Å². The Morgan fingerprint density at radius 1 is 1.30 bits per heavy atom. The van der Waals surface area contributed by atoms with E-state index in [1.165, 1.54) is 4.57 Å². The number of hydrogen-bond acceptors (Lipinski definition) is 5. The van der Waals surface area contributed by atoms with Crippen molar-refractivity contribution in [3.05, 3.63) is 68.9 Å². The van der Waals surface area contributed by atoms with Crippen molar-refractivity contribution in [3.63, 3.8) is 0 Å². The fraction of sp³-hybridized carbons (Fsp3) is 0.222. The van der Waals surface area contributed by atoms with Crippen LogP contribution >= 0.6 is 11.6 Å². The summed E-state index contributed by atoms with van der Waals surface area (Å²) < 4.78 is 29.7. The largest absolute Gasteiger partial charge is 0.772 e. The standard InChI is InChI=1S/C18H18ClN3O4S/c1-11-7-16(26-9-17-20-21-18(23)22(17)2)14(8-15(11)19)13-6-4-3-5-12(13)10-27(24)25/h3-8H,9-10H2,1-2H3,(H,21,23)(H,24,25)/p-1. The summed E-state index contributed by atoms with van der Waals surface area (Å²) in [6.07, 6.45) is 0. The van der Waals surface area contributed by atoms with Gasteiger partial charge in [-0.05, 0) is 35.7 Å². The zero-order chi connectivity index (χ0) is 19.6. The van der Waals surface area contributed by atoms with Crippen LogP contribution in [0.15, 0.2) is 41.2 Å². The van der Waals surface area contributed by atoms with E-state index >= 15 is 0 Å². The predicted molar refractivity (Wildman–Crippen MR) is 102 cm³/mol. The van der Waals surface area contributed by atoms with E-state index in [9.17, 15) is 13.6 Å². The maximum Gasteiger partial charge on any atom is 0.343 e. The Morgan fingerprint density at radius 3 is 2.70 bits per heavy atom. The molecule has 0 saturated carbocycles. The van der Waals surface area contributed by atoms with Crippen molar-refractivity contribution in [1.82, 2.24) is 14.8 Å². The van der Waals surface area contributed by atoms with Crippen molar-refractivity contribution >= 4 is 22.7 Å². The summed E-state index contributed by atoms with van der Waals surface area (Å²) in [5, 5.41) is 6.83. The van der Waals surface area contributed by atoms with Crippen LogP contribution in [0.1, 0.15) is 17.0 Å². The summed E-state index contributed by atoms with van der Waals surface area (Å²) in [5.41, 5.74) is 2.52. The van der Waals surface area contributed by atoms with Crippen molar-refractivity contribution < 1.29 is 13.5 Å². The Balaban J connectivity index is 2.03. The van der Waals surface area contributed by atoms with Gasteiger partial charge in [-0.15, -0.1) is 0 Å². The molecule has 142 valence electrons. The summed E-state index contributed by atoms with van der Waals surface area (Å²) >= 11 is 4.07. The summed E-state index contributed by atoms with van der Waals surface area (Å²) in [5.74, 6) is 0.846. The van der Waals surface area contributed by atoms with Gasteiger partial charge in [-0.25, -0.2) is 9.89 Å². The molecule has 2 aromatic carbocycles. The number of hydrogen-bond donors (Lipinski definition) is 1. The molecule has 3 rings (SSSR count). The number of rotatable bonds is 6. The molecule has 1 atom stereocenters. The van der Waals surface area contributed by atoms with Crippen LogP contribution in [0.2, 0.25) is 5.02 Å². The number of ether oxygens (including phenoxy) is 1. The van der Waals surface area contributed by atoms with Gasteiger partial charge in [0.05, 0.1) is 0 Å². The van der Waals surface area contributed by atoms with Gasteiger partial charge < -0.3 is 9.29 Å². The number of aryl methyl sites for hydroxylation is 1. The molecule has 0 aliphatic heterocycles. The van der Waals surface area contributed by atoms with Crippen LogP contribution in [0.4, 0.5) is 0 Å². The highest BCUT2D eigenvalue weighted by atomic mass is 35.5. The molecular weight excluding hydrogens is 390 g/mol. The highest BCUT2D eigenvalue weighted by Gasteiger charge is 2.15. The summed E-state index contributed by atoms with van der Waals surface area (Å²) in [4.78, 5) is 11.5. The van der Waals surface area contributed by atoms with Gasteiger partial charge in [0.25, 0.3) is 0 Å². The number of nitrogens with zero attached hydrogens (tertiary/aromatic N) is 2. The zero-order valence-corrected chi connectivity index (χ0v) is 16.3. The van der Waals surface area contributed by atoms with Gasteiger partial charge in [-0.1, -0.05) is 46.9 Å². The Hall–Kier alpha value is -2.42. The molecule has 0 fully saturated rings. The molecule has 1 unspecified atom stereocenters. The molecule has 27 heavy (non-hydrogen) atoms. The molecule has 0 aliphatic carbocycles. The third kappa shape index (κ3) is 4.29. The summed E-state index contributed by atoms with van der Waals surface area (Å²) in [6.45, 7) is 1.92. The minimum atomic E-state index is -2.23. The minimum Gasteiger partial charge on any atom is -0.772 e. The normalized spacial score (nSPS) is 12.1. The van der Waals surface area contributed by atoms with Gasteiger partial charge in [0.1, 0.15) is 12.4 Å². The summed E-state index contributed by atoms with van der Waals surface area (Å²) in [6, 6.07) is 10.7. The van der Waals surface area contributed by atoms with Crippen LogP contribution in [0, 0.1) is 6.92 Å². The van der Waals surface area contributed by atoms with Gasteiger partial charge in [0.15, 0.2) is 5.82 Å². The van der Waals surface area contributed by atoms with E-state index in [0.717, 1.165) is 11.1 Å². The molecule has 9 heteroatoms.